The zero-order valence-electron chi connectivity index (χ0n) is 15.7. The maximum Gasteiger partial charge on any atom is 0.335 e. The topological polar surface area (TPSA) is 114 Å². The van der Waals surface area contributed by atoms with Gasteiger partial charge in [-0.2, -0.15) is 0 Å². The van der Waals surface area contributed by atoms with Gasteiger partial charge in [0.25, 0.3) is 10.0 Å². The lowest BCUT2D eigenvalue weighted by molar-refractivity contribution is 0.0696. The van der Waals surface area contributed by atoms with Crippen LogP contribution in [-0.4, -0.2) is 34.3 Å². The standard InChI is InChI=1S/C18H17BrN4O4S2/c1-10-6-12(17(24)25)7-16(11(10)2)29(26,27)22-14-8-13(19)4-5-15(14)28-18-21-20-9-23(18)3/h4-9,22H,1-3H3,(H,24,25). The number of benzene rings is 2. The molecule has 2 N–H and O–H groups in total. The van der Waals surface area contributed by atoms with Crippen molar-refractivity contribution in [1.29, 1.82) is 0 Å². The van der Waals surface area contributed by atoms with Crippen molar-refractivity contribution in [2.75, 3.05) is 4.72 Å². The fourth-order valence-electron chi connectivity index (χ4n) is 2.56. The molecule has 0 atom stereocenters. The van der Waals surface area contributed by atoms with Crippen LogP contribution in [0.15, 0.2) is 56.1 Å². The average molecular weight is 497 g/mol. The monoisotopic (exact) mass is 496 g/mol. The van der Waals surface area contributed by atoms with Gasteiger partial charge in [0, 0.05) is 16.4 Å². The number of carboxylic acid groups (broad SMARTS) is 1. The second-order valence-corrected chi connectivity index (χ2v) is 9.87. The number of hydrogen-bond acceptors (Lipinski definition) is 6. The van der Waals surface area contributed by atoms with E-state index >= 15 is 0 Å². The SMILES string of the molecule is Cc1cc(C(=O)O)cc(S(=O)(=O)Nc2cc(Br)ccc2Sc2nncn2C)c1C. The molecule has 0 unspecified atom stereocenters. The van der Waals surface area contributed by atoms with Crippen LogP contribution in [0.3, 0.4) is 0 Å². The summed E-state index contributed by atoms with van der Waals surface area (Å²) in [7, 11) is -2.25. The van der Waals surface area contributed by atoms with Gasteiger partial charge in [0.15, 0.2) is 5.16 Å². The van der Waals surface area contributed by atoms with Crippen LogP contribution in [0.5, 0.6) is 0 Å². The van der Waals surface area contributed by atoms with E-state index in [9.17, 15) is 18.3 Å². The van der Waals surface area contributed by atoms with Gasteiger partial charge in [-0.25, -0.2) is 13.2 Å². The number of carbonyl (C=O) groups is 1. The molecule has 0 aliphatic rings. The number of halogens is 1. The van der Waals surface area contributed by atoms with E-state index in [-0.39, 0.29) is 10.5 Å². The van der Waals surface area contributed by atoms with Crippen molar-refractivity contribution in [1.82, 2.24) is 14.8 Å². The number of carboxylic acids is 1. The van der Waals surface area contributed by atoms with E-state index in [1.165, 1.54) is 23.9 Å². The summed E-state index contributed by atoms with van der Waals surface area (Å²) < 4.78 is 31.2. The highest BCUT2D eigenvalue weighted by Crippen LogP contribution is 2.35. The van der Waals surface area contributed by atoms with Crippen LogP contribution in [0.2, 0.25) is 0 Å². The van der Waals surface area contributed by atoms with Crippen LogP contribution >= 0.6 is 27.7 Å². The van der Waals surface area contributed by atoms with Crippen molar-refractivity contribution < 1.29 is 18.3 Å². The van der Waals surface area contributed by atoms with Gasteiger partial charge in [0.05, 0.1) is 16.1 Å². The largest absolute Gasteiger partial charge is 0.478 e. The minimum absolute atomic E-state index is 0.0792. The summed E-state index contributed by atoms with van der Waals surface area (Å²) in [4.78, 5) is 11.9. The van der Waals surface area contributed by atoms with Crippen LogP contribution in [0.1, 0.15) is 21.5 Å². The van der Waals surface area contributed by atoms with E-state index in [2.05, 4.69) is 30.8 Å². The van der Waals surface area contributed by atoms with Crippen LogP contribution < -0.4 is 4.72 Å². The lowest BCUT2D eigenvalue weighted by atomic mass is 10.1. The van der Waals surface area contributed by atoms with Crippen molar-refractivity contribution in [2.45, 2.75) is 28.8 Å². The number of anilines is 1. The van der Waals surface area contributed by atoms with E-state index in [4.69, 9.17) is 0 Å². The number of nitrogens with zero attached hydrogens (tertiary/aromatic N) is 3. The van der Waals surface area contributed by atoms with Gasteiger partial charge in [0.1, 0.15) is 6.33 Å². The Balaban J connectivity index is 2.05. The number of rotatable bonds is 6. The van der Waals surface area contributed by atoms with Gasteiger partial charge < -0.3 is 9.67 Å². The molecule has 3 aromatic rings. The predicted molar refractivity (Wildman–Crippen MR) is 113 cm³/mol. The molecule has 11 heteroatoms. The third-order valence-electron chi connectivity index (χ3n) is 4.21. The molecule has 0 aliphatic carbocycles. The summed E-state index contributed by atoms with van der Waals surface area (Å²) in [6.07, 6.45) is 1.55. The second kappa shape index (κ2) is 8.17. The Labute approximate surface area is 180 Å². The molecule has 3 rings (SSSR count). The summed E-state index contributed by atoms with van der Waals surface area (Å²) in [6, 6.07) is 7.80. The van der Waals surface area contributed by atoms with Gasteiger partial charge in [-0.15, -0.1) is 10.2 Å². The van der Waals surface area contributed by atoms with Crippen molar-refractivity contribution >= 4 is 49.4 Å². The Morgan fingerprint density at radius 2 is 1.97 bits per heavy atom. The first kappa shape index (κ1) is 21.3. The number of aryl methyl sites for hydroxylation is 2. The van der Waals surface area contributed by atoms with E-state index in [1.54, 1.807) is 50.0 Å². The molecule has 0 spiro atoms. The van der Waals surface area contributed by atoms with Crippen LogP contribution in [0.25, 0.3) is 0 Å². The lowest BCUT2D eigenvalue weighted by Gasteiger charge is -2.15. The summed E-state index contributed by atoms with van der Waals surface area (Å²) in [5.74, 6) is -1.19. The molecular weight excluding hydrogens is 480 g/mol. The maximum atomic E-state index is 13.1. The molecular formula is C18H17BrN4O4S2. The molecule has 1 aromatic heterocycles. The summed E-state index contributed by atoms with van der Waals surface area (Å²) in [6.45, 7) is 3.32. The highest BCUT2D eigenvalue weighted by molar-refractivity contribution is 9.10. The summed E-state index contributed by atoms with van der Waals surface area (Å²) in [5.41, 5.74) is 1.31. The molecule has 8 nitrogen and oxygen atoms in total. The molecule has 0 radical (unpaired) electrons. The van der Waals surface area contributed by atoms with Gasteiger partial charge in [-0.1, -0.05) is 15.9 Å². The Hall–Kier alpha value is -2.37. The van der Waals surface area contributed by atoms with Crippen LogP contribution in [-0.2, 0) is 17.1 Å². The number of aromatic carboxylic acids is 1. The van der Waals surface area contributed by atoms with Gasteiger partial charge in [0.2, 0.25) is 0 Å². The summed E-state index contributed by atoms with van der Waals surface area (Å²) >= 11 is 4.61. The molecule has 0 amide bonds. The lowest BCUT2D eigenvalue weighted by Crippen LogP contribution is -2.16. The minimum Gasteiger partial charge on any atom is -0.478 e. The van der Waals surface area contributed by atoms with Gasteiger partial charge in [-0.05, 0) is 67.1 Å². The average Bonchev–Trinajstić information content (AvgIpc) is 3.03. The first-order valence-corrected chi connectivity index (χ1v) is 11.4. The number of sulfonamides is 1. The highest BCUT2D eigenvalue weighted by Gasteiger charge is 2.22. The molecule has 0 aliphatic heterocycles. The normalized spacial score (nSPS) is 11.4. The number of nitrogens with one attached hydrogen (secondary N) is 1. The molecule has 0 saturated carbocycles. The zero-order chi connectivity index (χ0) is 21.3. The molecule has 1 heterocycles. The Morgan fingerprint density at radius 3 is 2.59 bits per heavy atom. The fourth-order valence-corrected chi connectivity index (χ4v) is 5.24. The zero-order valence-corrected chi connectivity index (χ0v) is 18.9. The van der Waals surface area contributed by atoms with Crippen LogP contribution in [0.4, 0.5) is 5.69 Å². The second-order valence-electron chi connectivity index (χ2n) is 6.29. The van der Waals surface area contributed by atoms with E-state index in [0.29, 0.717) is 31.3 Å². The maximum absolute atomic E-state index is 13.1. The smallest absolute Gasteiger partial charge is 0.335 e. The highest BCUT2D eigenvalue weighted by atomic mass is 79.9. The Kier molecular flexibility index (Phi) is 6.01. The Morgan fingerprint density at radius 1 is 1.24 bits per heavy atom. The predicted octanol–water partition coefficient (Wildman–Crippen LogP) is 3.84. The fraction of sp³-hybridized carbons (Fsp3) is 0.167. The van der Waals surface area contributed by atoms with E-state index in [0.717, 1.165) is 0 Å². The van der Waals surface area contributed by atoms with Crippen molar-refractivity contribution in [2.24, 2.45) is 7.05 Å². The molecule has 0 fully saturated rings. The van der Waals surface area contributed by atoms with Crippen molar-refractivity contribution in [3.63, 3.8) is 0 Å². The van der Waals surface area contributed by atoms with E-state index < -0.39 is 16.0 Å². The minimum atomic E-state index is -4.04. The van der Waals surface area contributed by atoms with Gasteiger partial charge in [-0.3, -0.25) is 4.72 Å². The van der Waals surface area contributed by atoms with Crippen molar-refractivity contribution in [3.8, 4) is 0 Å². The van der Waals surface area contributed by atoms with Crippen LogP contribution in [0, 0.1) is 13.8 Å². The molecule has 29 heavy (non-hydrogen) atoms. The number of hydrogen-bond donors (Lipinski definition) is 2. The molecule has 152 valence electrons. The first-order chi connectivity index (χ1) is 13.6. The molecule has 0 bridgehead atoms. The first-order valence-electron chi connectivity index (χ1n) is 8.27. The third-order valence-corrected chi connectivity index (χ3v) is 7.33. The van der Waals surface area contributed by atoms with Gasteiger partial charge >= 0.3 is 5.97 Å². The number of aromatic nitrogens is 3. The van der Waals surface area contributed by atoms with E-state index in [1.807, 2.05) is 0 Å². The third kappa shape index (κ3) is 4.62. The Bertz CT molecular complexity index is 1210. The quantitative estimate of drug-likeness (QED) is 0.532. The molecule has 2 aromatic carbocycles. The van der Waals surface area contributed by atoms with Crippen molar-refractivity contribution in [3.05, 3.63) is 57.8 Å². The molecule has 0 saturated heterocycles. The summed E-state index contributed by atoms with van der Waals surface area (Å²) in [5, 5.41) is 17.7.